The van der Waals surface area contributed by atoms with E-state index in [2.05, 4.69) is 51.7 Å². The molecular weight excluding hydrogens is 719 g/mol. The van der Waals surface area contributed by atoms with E-state index >= 15 is 0 Å². The van der Waals surface area contributed by atoms with Crippen molar-refractivity contribution in [3.8, 4) is 22.8 Å². The number of nitrogens with zero attached hydrogens (tertiary/aromatic N) is 9. The van der Waals surface area contributed by atoms with E-state index in [1.165, 1.54) is 25.2 Å². The summed E-state index contributed by atoms with van der Waals surface area (Å²) in [6, 6.07) is 25.8. The minimum atomic E-state index is -0.343. The molecule has 4 aliphatic heterocycles. The number of imide groups is 1. The second-order valence-corrected chi connectivity index (χ2v) is 15.8. The lowest BCUT2D eigenvalue weighted by atomic mass is 10.1. The summed E-state index contributed by atoms with van der Waals surface area (Å²) in [5.41, 5.74) is 11.0. The second-order valence-electron chi connectivity index (χ2n) is 15.8. The average molecular weight is 770 g/mol. The van der Waals surface area contributed by atoms with Crippen LogP contribution in [0.1, 0.15) is 31.7 Å². The van der Waals surface area contributed by atoms with Gasteiger partial charge in [0.2, 0.25) is 5.91 Å². The normalized spacial score (nSPS) is 20.4. The first-order chi connectivity index (χ1) is 27.9. The molecule has 0 bridgehead atoms. The van der Waals surface area contributed by atoms with Crippen molar-refractivity contribution in [3.05, 3.63) is 85.2 Å². The number of anilines is 3. The number of amides is 3. The maximum Gasteiger partial charge on any atom is 0.328 e. The van der Waals surface area contributed by atoms with Gasteiger partial charge in [-0.1, -0.05) is 18.2 Å². The minimum absolute atomic E-state index is 0.211. The third-order valence-electron chi connectivity index (χ3n) is 12.1. The van der Waals surface area contributed by atoms with Crippen molar-refractivity contribution >= 4 is 40.2 Å². The third kappa shape index (κ3) is 8.29. The molecule has 3 amide bonds. The highest BCUT2D eigenvalue weighted by atomic mass is 16.5. The molecule has 0 saturated carbocycles. The van der Waals surface area contributed by atoms with Crippen LogP contribution < -0.4 is 25.6 Å². The number of piperidine rings is 1. The van der Waals surface area contributed by atoms with Gasteiger partial charge in [0.15, 0.2) is 5.65 Å². The predicted octanol–water partition coefficient (Wildman–Crippen LogP) is 5.10. The number of urea groups is 1. The van der Waals surface area contributed by atoms with Crippen molar-refractivity contribution < 1.29 is 14.3 Å². The Morgan fingerprint density at radius 1 is 0.719 bits per heavy atom. The van der Waals surface area contributed by atoms with Crippen LogP contribution in [0.5, 0.6) is 11.5 Å². The van der Waals surface area contributed by atoms with Crippen LogP contribution in [0.15, 0.2) is 85.2 Å². The standard InChI is InChI=1S/C43H51N11O3/c44-41-39-40(32-6-12-37(13-7-32)57-36-4-2-1-3-5-36)48-54(42(39)46-30-45-41)35-15-19-49(20-16-35)22-23-50-18-14-31(28-50)29-51-24-26-52(27-25-51)33-8-10-34(11-9-33)53-21-17-38(55)47-43(53)56/h1-13,30-31,35H,14-29H2,(H2,44,45,46)(H,47,55,56). The molecule has 2 aromatic heterocycles. The summed E-state index contributed by atoms with van der Waals surface area (Å²) < 4.78 is 8.11. The van der Waals surface area contributed by atoms with E-state index in [0.717, 1.165) is 111 Å². The highest BCUT2D eigenvalue weighted by Gasteiger charge is 2.30. The number of carbonyl (C=O) groups excluding carboxylic acids is 2. The number of hydrogen-bond acceptors (Lipinski definition) is 11. The Kier molecular flexibility index (Phi) is 10.7. The van der Waals surface area contributed by atoms with E-state index in [-0.39, 0.29) is 18.0 Å². The van der Waals surface area contributed by atoms with Gasteiger partial charge in [0.1, 0.15) is 29.3 Å². The number of aromatic nitrogens is 4. The van der Waals surface area contributed by atoms with Gasteiger partial charge in [-0.15, -0.1) is 0 Å². The van der Waals surface area contributed by atoms with Crippen molar-refractivity contribution in [2.45, 2.75) is 31.7 Å². The number of carbonyl (C=O) groups is 2. The third-order valence-corrected chi connectivity index (χ3v) is 12.1. The number of rotatable bonds is 11. The van der Waals surface area contributed by atoms with Crippen molar-refractivity contribution in [1.82, 2.24) is 39.8 Å². The molecule has 4 fully saturated rings. The molecule has 9 rings (SSSR count). The van der Waals surface area contributed by atoms with Crippen LogP contribution in [-0.2, 0) is 4.79 Å². The van der Waals surface area contributed by atoms with Crippen molar-refractivity contribution in [1.29, 1.82) is 0 Å². The SMILES string of the molecule is Nc1ncnc2c1c(-c1ccc(Oc3ccccc3)cc1)nn2C1CCN(CCN2CCC(CN3CCN(c4ccc(N5CCC(=O)NC5=O)cc4)CC3)C2)CC1. The molecule has 296 valence electrons. The molecular formula is C43H51N11O3. The number of piperazine rings is 1. The zero-order valence-electron chi connectivity index (χ0n) is 32.4. The van der Waals surface area contributed by atoms with E-state index < -0.39 is 0 Å². The Balaban J connectivity index is 0.725. The van der Waals surface area contributed by atoms with Gasteiger partial charge in [-0.05, 0) is 92.4 Å². The highest BCUT2D eigenvalue weighted by molar-refractivity contribution is 6.05. The zero-order chi connectivity index (χ0) is 38.7. The number of fused-ring (bicyclic) bond motifs is 1. The lowest BCUT2D eigenvalue weighted by molar-refractivity contribution is -0.120. The molecule has 0 spiro atoms. The van der Waals surface area contributed by atoms with E-state index in [0.29, 0.717) is 24.7 Å². The summed E-state index contributed by atoms with van der Waals surface area (Å²) in [6.07, 6.45) is 5.17. The molecule has 6 heterocycles. The molecule has 4 aliphatic rings. The summed E-state index contributed by atoms with van der Waals surface area (Å²) >= 11 is 0. The van der Waals surface area contributed by atoms with E-state index in [9.17, 15) is 9.59 Å². The van der Waals surface area contributed by atoms with Crippen molar-refractivity contribution in [2.75, 3.05) is 94.1 Å². The van der Waals surface area contributed by atoms with Crippen LogP contribution in [0.25, 0.3) is 22.3 Å². The number of nitrogens with two attached hydrogens (primary N) is 1. The van der Waals surface area contributed by atoms with Gasteiger partial charge >= 0.3 is 6.03 Å². The summed E-state index contributed by atoms with van der Waals surface area (Å²) in [7, 11) is 0. The molecule has 0 aliphatic carbocycles. The molecule has 0 radical (unpaired) electrons. The van der Waals surface area contributed by atoms with Crippen LogP contribution in [0.4, 0.5) is 22.0 Å². The molecule has 5 aromatic rings. The molecule has 14 heteroatoms. The molecule has 57 heavy (non-hydrogen) atoms. The number of likely N-dealkylation sites (tertiary alicyclic amines) is 2. The monoisotopic (exact) mass is 769 g/mol. The molecule has 1 unspecified atom stereocenters. The Labute approximate surface area is 333 Å². The van der Waals surface area contributed by atoms with Crippen LogP contribution >= 0.6 is 0 Å². The molecule has 3 N–H and O–H groups in total. The fourth-order valence-electron chi connectivity index (χ4n) is 8.90. The first-order valence-electron chi connectivity index (χ1n) is 20.4. The maximum atomic E-state index is 12.2. The Hall–Kier alpha value is -5.57. The number of ether oxygens (including phenoxy) is 1. The fraction of sp³-hybridized carbons (Fsp3) is 0.419. The molecule has 1 atom stereocenters. The fourth-order valence-corrected chi connectivity index (χ4v) is 8.90. The Morgan fingerprint density at radius 2 is 1.42 bits per heavy atom. The van der Waals surface area contributed by atoms with E-state index in [4.69, 9.17) is 15.6 Å². The van der Waals surface area contributed by atoms with Gasteiger partial charge in [0.05, 0.1) is 11.4 Å². The number of nitrogens with one attached hydrogen (secondary N) is 1. The number of nitrogen functional groups attached to an aromatic ring is 1. The van der Waals surface area contributed by atoms with E-state index in [1.54, 1.807) is 11.2 Å². The van der Waals surface area contributed by atoms with Crippen LogP contribution in [0, 0.1) is 5.92 Å². The quantitative estimate of drug-likeness (QED) is 0.186. The lowest BCUT2D eigenvalue weighted by Gasteiger charge is -2.37. The topological polar surface area (TPSA) is 141 Å². The highest BCUT2D eigenvalue weighted by Crippen LogP contribution is 2.35. The maximum absolute atomic E-state index is 12.2. The van der Waals surface area contributed by atoms with Gasteiger partial charge < -0.3 is 25.2 Å². The van der Waals surface area contributed by atoms with Crippen molar-refractivity contribution in [2.24, 2.45) is 5.92 Å². The average Bonchev–Trinajstić information content (AvgIpc) is 3.87. The van der Waals surface area contributed by atoms with Crippen LogP contribution in [-0.4, -0.2) is 125 Å². The zero-order valence-corrected chi connectivity index (χ0v) is 32.4. The van der Waals surface area contributed by atoms with Crippen molar-refractivity contribution in [3.63, 3.8) is 0 Å². The van der Waals surface area contributed by atoms with Crippen LogP contribution in [0.2, 0.25) is 0 Å². The Bertz CT molecular complexity index is 2160. The summed E-state index contributed by atoms with van der Waals surface area (Å²) in [6.45, 7) is 12.3. The Morgan fingerprint density at radius 3 is 2.18 bits per heavy atom. The summed E-state index contributed by atoms with van der Waals surface area (Å²) in [5.74, 6) is 2.51. The minimum Gasteiger partial charge on any atom is -0.457 e. The van der Waals surface area contributed by atoms with E-state index in [1.807, 2.05) is 66.7 Å². The first-order valence-corrected chi connectivity index (χ1v) is 20.4. The van der Waals surface area contributed by atoms with Gasteiger partial charge in [0.25, 0.3) is 0 Å². The second kappa shape index (κ2) is 16.5. The smallest absolute Gasteiger partial charge is 0.328 e. The van der Waals surface area contributed by atoms with Gasteiger partial charge in [0, 0.05) is 95.4 Å². The number of para-hydroxylation sites is 1. The van der Waals surface area contributed by atoms with Gasteiger partial charge in [-0.3, -0.25) is 19.9 Å². The summed E-state index contributed by atoms with van der Waals surface area (Å²) in [5, 5.41) is 8.34. The summed E-state index contributed by atoms with van der Waals surface area (Å²) in [4.78, 5) is 44.7. The molecule has 4 saturated heterocycles. The van der Waals surface area contributed by atoms with Gasteiger partial charge in [-0.2, -0.15) is 5.10 Å². The van der Waals surface area contributed by atoms with Crippen LogP contribution in [0.3, 0.4) is 0 Å². The largest absolute Gasteiger partial charge is 0.457 e. The number of hydrogen-bond donors (Lipinski definition) is 2. The number of benzene rings is 3. The predicted molar refractivity (Wildman–Crippen MR) is 222 cm³/mol. The van der Waals surface area contributed by atoms with Gasteiger partial charge in [-0.25, -0.2) is 19.4 Å². The first kappa shape index (κ1) is 37.0. The molecule has 14 nitrogen and oxygen atoms in total. The lowest BCUT2D eigenvalue weighted by Crippen LogP contribution is -2.49. The molecule has 3 aromatic carbocycles.